The number of anilines is 1. The summed E-state index contributed by atoms with van der Waals surface area (Å²) in [5.41, 5.74) is 2.86. The lowest BCUT2D eigenvalue weighted by molar-refractivity contribution is 0.244. The van der Waals surface area contributed by atoms with E-state index in [4.69, 9.17) is 17.4 Å². The number of hydrogen-bond donors (Lipinski definition) is 3. The zero-order valence-corrected chi connectivity index (χ0v) is 22.0. The first-order chi connectivity index (χ1) is 17.4. The molecule has 0 unspecified atom stereocenters. The number of rotatable bonds is 14. The minimum absolute atomic E-state index is 0.0727. The van der Waals surface area contributed by atoms with Crippen LogP contribution in [0.3, 0.4) is 0 Å². The number of nitrogens with two attached hydrogens (primary N) is 1. The summed E-state index contributed by atoms with van der Waals surface area (Å²) in [6, 6.07) is 18.3. The van der Waals surface area contributed by atoms with E-state index in [0.717, 1.165) is 63.3 Å². The van der Waals surface area contributed by atoms with Gasteiger partial charge < -0.3 is 10.6 Å². The Hall–Kier alpha value is -2.92. The van der Waals surface area contributed by atoms with E-state index in [-0.39, 0.29) is 4.90 Å². The minimum atomic E-state index is -3.69. The summed E-state index contributed by atoms with van der Waals surface area (Å²) in [7, 11) is -3.69. The molecular weight excluding hydrogens is 492 g/mol. The number of nitrogens with one attached hydrogen (secondary N) is 2. The van der Waals surface area contributed by atoms with Gasteiger partial charge in [-0.3, -0.25) is 14.9 Å². The quantitative estimate of drug-likeness (QED) is 0.213. The van der Waals surface area contributed by atoms with Crippen molar-refractivity contribution in [2.24, 2.45) is 5.14 Å². The molecule has 0 aliphatic carbocycles. The van der Waals surface area contributed by atoms with Crippen LogP contribution in [-0.4, -0.2) is 41.5 Å². The lowest BCUT2D eigenvalue weighted by atomic mass is 10.1. The van der Waals surface area contributed by atoms with E-state index in [1.807, 2.05) is 36.7 Å². The summed E-state index contributed by atoms with van der Waals surface area (Å²) in [6.45, 7) is 3.42. The van der Waals surface area contributed by atoms with Crippen LogP contribution < -0.4 is 15.8 Å². The highest BCUT2D eigenvalue weighted by Crippen LogP contribution is 2.13. The number of sulfonamides is 1. The maximum absolute atomic E-state index is 11.3. The van der Waals surface area contributed by atoms with Gasteiger partial charge in [-0.25, -0.2) is 13.6 Å². The van der Waals surface area contributed by atoms with E-state index in [9.17, 15) is 8.42 Å². The molecule has 0 bridgehead atoms. The number of aromatic nitrogens is 2. The zero-order chi connectivity index (χ0) is 25.6. The Bertz CT molecular complexity index is 1120. The molecule has 1 aromatic carbocycles. The summed E-state index contributed by atoms with van der Waals surface area (Å²) >= 11 is 5.32. The average molecular weight is 527 g/mol. The topological polar surface area (TPSA) is 113 Å². The molecule has 4 N–H and O–H groups in total. The highest BCUT2D eigenvalue weighted by Gasteiger charge is 2.09. The van der Waals surface area contributed by atoms with Crippen LogP contribution >= 0.6 is 12.2 Å². The van der Waals surface area contributed by atoms with Gasteiger partial charge in [0.05, 0.1) is 16.3 Å². The monoisotopic (exact) mass is 526 g/mol. The van der Waals surface area contributed by atoms with Gasteiger partial charge in [-0.1, -0.05) is 31.4 Å². The van der Waals surface area contributed by atoms with Crippen LogP contribution in [0.1, 0.15) is 43.5 Å². The van der Waals surface area contributed by atoms with E-state index in [1.165, 1.54) is 18.6 Å². The van der Waals surface area contributed by atoms with Crippen molar-refractivity contribution in [3.8, 4) is 0 Å². The van der Waals surface area contributed by atoms with Crippen LogP contribution in [0.2, 0.25) is 0 Å². The fraction of sp³-hybridized carbons (Fsp3) is 0.346. The lowest BCUT2D eigenvalue weighted by Crippen LogP contribution is -2.29. The van der Waals surface area contributed by atoms with Gasteiger partial charge >= 0.3 is 0 Å². The molecule has 3 rings (SSSR count). The molecule has 0 amide bonds. The van der Waals surface area contributed by atoms with Crippen molar-refractivity contribution in [2.45, 2.75) is 50.1 Å². The van der Waals surface area contributed by atoms with Crippen LogP contribution in [0.15, 0.2) is 78.0 Å². The largest absolute Gasteiger partial charge is 0.362 e. The predicted molar refractivity (Wildman–Crippen MR) is 148 cm³/mol. The molecule has 2 aromatic heterocycles. The Labute approximate surface area is 219 Å². The molecule has 3 aromatic rings. The van der Waals surface area contributed by atoms with Gasteiger partial charge in [0.15, 0.2) is 5.11 Å². The normalized spacial score (nSPS) is 11.4. The Kier molecular flexibility index (Phi) is 11.2. The van der Waals surface area contributed by atoms with Gasteiger partial charge in [0.1, 0.15) is 0 Å². The molecule has 2 heterocycles. The van der Waals surface area contributed by atoms with Gasteiger partial charge in [0.2, 0.25) is 10.0 Å². The number of primary sulfonamides is 1. The van der Waals surface area contributed by atoms with Crippen molar-refractivity contribution >= 4 is 33.0 Å². The van der Waals surface area contributed by atoms with E-state index >= 15 is 0 Å². The molecule has 0 radical (unpaired) electrons. The maximum atomic E-state index is 11.3. The van der Waals surface area contributed by atoms with Crippen molar-refractivity contribution in [3.05, 3.63) is 84.4 Å². The molecule has 36 heavy (non-hydrogen) atoms. The Morgan fingerprint density at radius 3 is 1.97 bits per heavy atom. The van der Waals surface area contributed by atoms with E-state index in [1.54, 1.807) is 12.1 Å². The number of benzene rings is 1. The van der Waals surface area contributed by atoms with Gasteiger partial charge in [0, 0.05) is 37.7 Å². The average Bonchev–Trinajstić information content (AvgIpc) is 2.86. The molecule has 0 aliphatic rings. The minimum Gasteiger partial charge on any atom is -0.362 e. The fourth-order valence-corrected chi connectivity index (χ4v) is 4.49. The summed E-state index contributed by atoms with van der Waals surface area (Å²) in [4.78, 5) is 11.4. The summed E-state index contributed by atoms with van der Waals surface area (Å²) in [6.07, 6.45) is 9.29. The number of hydrogen-bond acceptors (Lipinski definition) is 6. The van der Waals surface area contributed by atoms with Crippen molar-refractivity contribution in [1.82, 2.24) is 20.2 Å². The molecular formula is C26H34N6O2S2. The van der Waals surface area contributed by atoms with E-state index in [2.05, 4.69) is 37.6 Å². The molecule has 10 heteroatoms. The van der Waals surface area contributed by atoms with Crippen molar-refractivity contribution < 1.29 is 8.42 Å². The predicted octanol–water partition coefficient (Wildman–Crippen LogP) is 4.06. The summed E-state index contributed by atoms with van der Waals surface area (Å²) in [5, 5.41) is 11.9. The third-order valence-electron chi connectivity index (χ3n) is 5.60. The Morgan fingerprint density at radius 1 is 0.833 bits per heavy atom. The maximum Gasteiger partial charge on any atom is 0.238 e. The summed E-state index contributed by atoms with van der Waals surface area (Å²) in [5.74, 6) is 0. The molecule has 0 saturated carbocycles. The molecule has 0 atom stereocenters. The second-order valence-electron chi connectivity index (χ2n) is 8.57. The number of pyridine rings is 2. The third kappa shape index (κ3) is 10.4. The number of nitrogens with zero attached hydrogens (tertiary/aromatic N) is 3. The summed E-state index contributed by atoms with van der Waals surface area (Å²) < 4.78 is 22.7. The van der Waals surface area contributed by atoms with Crippen molar-refractivity contribution in [1.29, 1.82) is 0 Å². The Morgan fingerprint density at radius 2 is 1.42 bits per heavy atom. The van der Waals surface area contributed by atoms with Crippen molar-refractivity contribution in [2.75, 3.05) is 18.4 Å². The Balaban J connectivity index is 1.30. The second kappa shape index (κ2) is 14.6. The lowest BCUT2D eigenvalue weighted by Gasteiger charge is -2.21. The van der Waals surface area contributed by atoms with Crippen LogP contribution in [0.4, 0.5) is 5.69 Å². The standard InChI is InChI=1S/C26H34N6O2S2/c27-36(33,34)25-14-12-22(13-15-25)31-26(35)30-18-6-2-1-3-9-19-32(20-23-10-4-7-16-28-23)21-24-11-5-8-17-29-24/h4-5,7-8,10-17H,1-3,6,9,18-21H2,(H2,27,33,34)(H2,30,31,35). The van der Waals surface area contributed by atoms with Crippen molar-refractivity contribution in [3.63, 3.8) is 0 Å². The SMILES string of the molecule is NS(=O)(=O)c1ccc(NC(=S)NCCCCCCCN(Cc2ccccn2)Cc2ccccn2)cc1. The molecule has 8 nitrogen and oxygen atoms in total. The first-order valence-corrected chi connectivity index (χ1v) is 14.1. The molecule has 0 spiro atoms. The van der Waals surface area contributed by atoms with Crippen LogP contribution in [0.5, 0.6) is 0 Å². The fourth-order valence-electron chi connectivity index (χ4n) is 3.75. The van der Waals surface area contributed by atoms with Crippen LogP contribution in [0.25, 0.3) is 0 Å². The molecule has 0 saturated heterocycles. The highest BCUT2D eigenvalue weighted by molar-refractivity contribution is 7.89. The zero-order valence-electron chi connectivity index (χ0n) is 20.3. The third-order valence-corrected chi connectivity index (χ3v) is 6.78. The van der Waals surface area contributed by atoms with Gasteiger partial charge in [-0.15, -0.1) is 0 Å². The van der Waals surface area contributed by atoms with Gasteiger partial charge in [-0.05, 0) is 80.1 Å². The van der Waals surface area contributed by atoms with Gasteiger partial charge in [0.25, 0.3) is 0 Å². The molecule has 192 valence electrons. The highest BCUT2D eigenvalue weighted by atomic mass is 32.2. The first kappa shape index (κ1) is 27.7. The van der Waals surface area contributed by atoms with Gasteiger partial charge in [-0.2, -0.15) is 0 Å². The molecule has 0 aliphatic heterocycles. The first-order valence-electron chi connectivity index (χ1n) is 12.1. The number of thiocarbonyl (C=S) groups is 1. The van der Waals surface area contributed by atoms with E-state index in [0.29, 0.717) is 10.8 Å². The smallest absolute Gasteiger partial charge is 0.238 e. The van der Waals surface area contributed by atoms with Crippen LogP contribution in [-0.2, 0) is 23.1 Å². The van der Waals surface area contributed by atoms with E-state index < -0.39 is 10.0 Å². The number of unbranched alkanes of at least 4 members (excludes halogenated alkanes) is 4. The van der Waals surface area contributed by atoms with Crippen LogP contribution in [0, 0.1) is 0 Å². The second-order valence-corrected chi connectivity index (χ2v) is 10.5. The molecule has 0 fully saturated rings.